The number of carbonyl (C=O) groups excluding carboxylic acids is 2. The molecule has 0 aromatic rings. The summed E-state index contributed by atoms with van der Waals surface area (Å²) in [7, 11) is -4.72. The van der Waals surface area contributed by atoms with E-state index in [-0.39, 0.29) is 19.4 Å². The van der Waals surface area contributed by atoms with Crippen LogP contribution in [0.25, 0.3) is 0 Å². The summed E-state index contributed by atoms with van der Waals surface area (Å²) in [5.41, 5.74) is 5.34. The van der Waals surface area contributed by atoms with Crippen LogP contribution in [0.4, 0.5) is 0 Å². The number of allylic oxidation sites excluding steroid dienone is 8. The number of nitrogens with two attached hydrogens (primary N) is 1. The Labute approximate surface area is 352 Å². The summed E-state index contributed by atoms with van der Waals surface area (Å²) in [6.45, 7) is 2.69. The van der Waals surface area contributed by atoms with Crippen molar-refractivity contribution in [2.45, 2.75) is 206 Å². The fourth-order valence-electron chi connectivity index (χ4n) is 6.06. The number of ether oxygens (including phenoxy) is 2. The van der Waals surface area contributed by atoms with Gasteiger partial charge in [-0.1, -0.05) is 178 Å². The third-order valence-electron chi connectivity index (χ3n) is 9.59. The molecule has 0 bridgehead atoms. The van der Waals surface area contributed by atoms with Gasteiger partial charge >= 0.3 is 25.7 Å². The number of hydrogen-bond donors (Lipinski definition) is 3. The summed E-state index contributed by atoms with van der Waals surface area (Å²) in [5.74, 6) is -2.39. The molecule has 3 unspecified atom stereocenters. The molecule has 0 radical (unpaired) electrons. The standard InChI is InChI=1S/C46H82NO10P/c1-3-5-7-9-11-13-15-17-18-19-20-21-22-23-24-26-28-30-32-34-36-38-45(49)57-42(40-55-58(52,53)56-41-43(47)46(50)51)39-54-44(48)37-35-33-31-29-27-25-16-14-12-10-8-6-4-2/h5,7,11,13,17-18,20-21,42-43H,3-4,6,8-10,12,14-16,19,22-41,47H2,1-2H3,(H,50,51)(H,52,53)/b7-5-,13-11-,18-17-,21-20-. The molecule has 58 heavy (non-hydrogen) atoms. The van der Waals surface area contributed by atoms with Crippen LogP contribution in [0.5, 0.6) is 0 Å². The smallest absolute Gasteiger partial charge is 0.472 e. The maximum atomic E-state index is 12.6. The number of carboxylic acids is 1. The monoisotopic (exact) mass is 840 g/mol. The first-order valence-electron chi connectivity index (χ1n) is 22.7. The van der Waals surface area contributed by atoms with Crippen molar-refractivity contribution in [2.75, 3.05) is 19.8 Å². The van der Waals surface area contributed by atoms with E-state index in [4.69, 9.17) is 24.8 Å². The predicted octanol–water partition coefficient (Wildman–Crippen LogP) is 12.2. The van der Waals surface area contributed by atoms with Gasteiger partial charge in [0, 0.05) is 12.8 Å². The SMILES string of the molecule is CC/C=C\C/C=C\C/C=C\C/C=C\CCCCCCCCCCC(=O)OC(COC(=O)CCCCCCCCCCCCCCC)COP(=O)(O)OCC(N)C(=O)O. The van der Waals surface area contributed by atoms with Crippen LogP contribution in [-0.2, 0) is 37.5 Å². The summed E-state index contributed by atoms with van der Waals surface area (Å²) in [6, 6.07) is -1.52. The van der Waals surface area contributed by atoms with Crippen LogP contribution >= 0.6 is 7.82 Å². The highest BCUT2D eigenvalue weighted by atomic mass is 31.2. The average molecular weight is 840 g/mol. The number of unbranched alkanes of at least 4 members (excludes halogenated alkanes) is 20. The Hall–Kier alpha value is -2.56. The van der Waals surface area contributed by atoms with Crippen molar-refractivity contribution in [2.24, 2.45) is 5.73 Å². The number of rotatable bonds is 42. The Kier molecular flexibility index (Phi) is 39.4. The molecule has 0 aromatic heterocycles. The minimum absolute atomic E-state index is 0.152. The number of carbonyl (C=O) groups is 3. The number of phosphoric ester groups is 1. The summed E-state index contributed by atoms with van der Waals surface area (Å²) in [5, 5.41) is 8.89. The van der Waals surface area contributed by atoms with Crippen LogP contribution in [0.15, 0.2) is 48.6 Å². The van der Waals surface area contributed by atoms with Crippen LogP contribution in [-0.4, -0.2) is 59.9 Å². The van der Waals surface area contributed by atoms with Crippen LogP contribution in [0.3, 0.4) is 0 Å². The molecule has 0 aliphatic heterocycles. The number of aliphatic carboxylic acids is 1. The number of carboxylic acid groups (broad SMARTS) is 1. The van der Waals surface area contributed by atoms with Crippen LogP contribution in [0, 0.1) is 0 Å². The van der Waals surface area contributed by atoms with Crippen molar-refractivity contribution < 1.29 is 47.5 Å². The van der Waals surface area contributed by atoms with Gasteiger partial charge in [0.05, 0.1) is 13.2 Å². The third kappa shape index (κ3) is 40.2. The molecule has 0 aliphatic rings. The highest BCUT2D eigenvalue weighted by Crippen LogP contribution is 2.43. The van der Waals surface area contributed by atoms with Crippen molar-refractivity contribution in [3.8, 4) is 0 Å². The van der Waals surface area contributed by atoms with Gasteiger partial charge in [-0.15, -0.1) is 0 Å². The van der Waals surface area contributed by atoms with E-state index in [1.54, 1.807) is 0 Å². The second kappa shape index (κ2) is 41.2. The zero-order chi connectivity index (χ0) is 42.8. The van der Waals surface area contributed by atoms with Crippen molar-refractivity contribution in [3.05, 3.63) is 48.6 Å². The molecule has 0 rings (SSSR count). The first-order valence-corrected chi connectivity index (χ1v) is 24.2. The van der Waals surface area contributed by atoms with E-state index in [2.05, 4.69) is 67.0 Å². The lowest BCUT2D eigenvalue weighted by Gasteiger charge is -2.20. The van der Waals surface area contributed by atoms with Gasteiger partial charge in [-0.05, 0) is 51.4 Å². The average Bonchev–Trinajstić information content (AvgIpc) is 3.20. The van der Waals surface area contributed by atoms with Crippen molar-refractivity contribution in [3.63, 3.8) is 0 Å². The zero-order valence-corrected chi connectivity index (χ0v) is 37.3. The molecule has 0 amide bonds. The normalized spacial score (nSPS) is 14.1. The van der Waals surface area contributed by atoms with E-state index < -0.39 is 51.1 Å². The lowest BCUT2D eigenvalue weighted by Crippen LogP contribution is -2.34. The van der Waals surface area contributed by atoms with Crippen molar-refractivity contribution in [1.82, 2.24) is 0 Å². The lowest BCUT2D eigenvalue weighted by atomic mass is 10.0. The Morgan fingerprint density at radius 1 is 0.552 bits per heavy atom. The topological polar surface area (TPSA) is 172 Å². The first kappa shape index (κ1) is 55.4. The van der Waals surface area contributed by atoms with E-state index in [1.165, 1.54) is 77.0 Å². The van der Waals surface area contributed by atoms with E-state index in [1.807, 2.05) is 0 Å². The Morgan fingerprint density at radius 3 is 1.45 bits per heavy atom. The molecule has 3 atom stereocenters. The summed E-state index contributed by atoms with van der Waals surface area (Å²) in [4.78, 5) is 46.0. The number of esters is 2. The highest BCUT2D eigenvalue weighted by molar-refractivity contribution is 7.47. The van der Waals surface area contributed by atoms with E-state index in [0.717, 1.165) is 77.0 Å². The fourth-order valence-corrected chi connectivity index (χ4v) is 6.83. The summed E-state index contributed by atoms with van der Waals surface area (Å²) < 4.78 is 32.7. The minimum atomic E-state index is -4.72. The maximum absolute atomic E-state index is 12.6. The van der Waals surface area contributed by atoms with Gasteiger partial charge in [0.2, 0.25) is 0 Å². The van der Waals surface area contributed by atoms with Gasteiger partial charge in [0.1, 0.15) is 12.6 Å². The van der Waals surface area contributed by atoms with Crippen LogP contribution in [0.2, 0.25) is 0 Å². The maximum Gasteiger partial charge on any atom is 0.472 e. The van der Waals surface area contributed by atoms with Crippen LogP contribution < -0.4 is 5.73 Å². The van der Waals surface area contributed by atoms with E-state index in [0.29, 0.717) is 12.8 Å². The largest absolute Gasteiger partial charge is 0.480 e. The Morgan fingerprint density at radius 2 is 0.966 bits per heavy atom. The van der Waals surface area contributed by atoms with Crippen LogP contribution in [0.1, 0.15) is 194 Å². The van der Waals surface area contributed by atoms with Crippen molar-refractivity contribution in [1.29, 1.82) is 0 Å². The summed E-state index contributed by atoms with van der Waals surface area (Å²) in [6.07, 6.45) is 46.0. The van der Waals surface area contributed by atoms with E-state index >= 15 is 0 Å². The molecule has 336 valence electrons. The van der Waals surface area contributed by atoms with Gasteiger partial charge in [-0.2, -0.15) is 0 Å². The molecule has 0 heterocycles. The molecular weight excluding hydrogens is 757 g/mol. The van der Waals surface area contributed by atoms with E-state index in [9.17, 15) is 23.8 Å². The molecule has 0 spiro atoms. The molecule has 12 heteroatoms. The van der Waals surface area contributed by atoms with Gasteiger partial charge in [-0.25, -0.2) is 4.57 Å². The van der Waals surface area contributed by atoms with Crippen molar-refractivity contribution >= 4 is 25.7 Å². The minimum Gasteiger partial charge on any atom is -0.480 e. The Bertz CT molecular complexity index is 1170. The molecule has 0 fully saturated rings. The van der Waals surface area contributed by atoms with Gasteiger partial charge < -0.3 is 25.2 Å². The summed E-state index contributed by atoms with van der Waals surface area (Å²) >= 11 is 0. The number of phosphoric acid groups is 1. The molecule has 0 saturated carbocycles. The van der Waals surface area contributed by atoms with Gasteiger partial charge in [0.25, 0.3) is 0 Å². The zero-order valence-electron chi connectivity index (χ0n) is 36.4. The lowest BCUT2D eigenvalue weighted by molar-refractivity contribution is -0.161. The second-order valence-corrected chi connectivity index (χ2v) is 16.6. The highest BCUT2D eigenvalue weighted by Gasteiger charge is 2.28. The number of hydrogen-bond acceptors (Lipinski definition) is 9. The second-order valence-electron chi connectivity index (χ2n) is 15.2. The Balaban J connectivity index is 4.32. The van der Waals surface area contributed by atoms with Gasteiger partial charge in [0.15, 0.2) is 6.10 Å². The molecule has 11 nitrogen and oxygen atoms in total. The molecule has 0 aromatic carbocycles. The molecule has 0 saturated heterocycles. The quantitative estimate of drug-likeness (QED) is 0.0231. The molecule has 4 N–H and O–H groups in total. The fraction of sp³-hybridized carbons (Fsp3) is 0.761. The third-order valence-corrected chi connectivity index (χ3v) is 10.5. The predicted molar refractivity (Wildman–Crippen MR) is 235 cm³/mol. The molecular formula is C46H82NO10P. The van der Waals surface area contributed by atoms with Gasteiger partial charge in [-0.3, -0.25) is 23.4 Å². The first-order chi connectivity index (χ1) is 28.1. The molecule has 0 aliphatic carbocycles.